The van der Waals surface area contributed by atoms with Gasteiger partial charge < -0.3 is 14.6 Å². The summed E-state index contributed by atoms with van der Waals surface area (Å²) < 4.78 is 8.23. The summed E-state index contributed by atoms with van der Waals surface area (Å²) in [5.41, 5.74) is 1.33. The van der Waals surface area contributed by atoms with Gasteiger partial charge in [0.1, 0.15) is 0 Å². The lowest BCUT2D eigenvalue weighted by molar-refractivity contribution is -0.0459. The van der Waals surface area contributed by atoms with Gasteiger partial charge in [0.25, 0.3) is 0 Å². The Labute approximate surface area is 116 Å². The maximum atomic E-state index is 5.92. The molecule has 0 amide bonds. The van der Waals surface area contributed by atoms with Crippen LogP contribution in [0.25, 0.3) is 0 Å². The molecule has 1 saturated heterocycles. The smallest absolute Gasteiger partial charge is 0.0881 e. The van der Waals surface area contributed by atoms with Crippen LogP contribution in [0.15, 0.2) is 18.3 Å². The largest absolute Gasteiger partial charge is 0.374 e. The third kappa shape index (κ3) is 3.59. The van der Waals surface area contributed by atoms with E-state index in [1.54, 1.807) is 0 Å². The van der Waals surface area contributed by atoms with Crippen LogP contribution in [0.1, 0.15) is 32.5 Å². The van der Waals surface area contributed by atoms with Crippen molar-refractivity contribution in [1.82, 2.24) is 14.8 Å². The number of ether oxygens (including phenoxy) is 1. The van der Waals surface area contributed by atoms with Crippen molar-refractivity contribution in [2.45, 2.75) is 45.5 Å². The molecule has 19 heavy (non-hydrogen) atoms. The molecule has 0 spiro atoms. The summed E-state index contributed by atoms with van der Waals surface area (Å²) in [4.78, 5) is 2.50. The van der Waals surface area contributed by atoms with Gasteiger partial charge in [0.15, 0.2) is 0 Å². The van der Waals surface area contributed by atoms with Gasteiger partial charge in [-0.1, -0.05) is 0 Å². The van der Waals surface area contributed by atoms with E-state index >= 15 is 0 Å². The molecule has 4 nitrogen and oxygen atoms in total. The van der Waals surface area contributed by atoms with Crippen molar-refractivity contribution in [2.75, 3.05) is 26.7 Å². The van der Waals surface area contributed by atoms with Gasteiger partial charge >= 0.3 is 0 Å². The van der Waals surface area contributed by atoms with Gasteiger partial charge in [-0.05, 0) is 40.0 Å². The highest BCUT2D eigenvalue weighted by molar-refractivity contribution is 5.11. The van der Waals surface area contributed by atoms with Crippen LogP contribution in [0.3, 0.4) is 0 Å². The van der Waals surface area contributed by atoms with Gasteiger partial charge in [0.2, 0.25) is 0 Å². The van der Waals surface area contributed by atoms with Gasteiger partial charge in [-0.15, -0.1) is 0 Å². The van der Waals surface area contributed by atoms with Crippen LogP contribution in [0.5, 0.6) is 0 Å². The number of aromatic nitrogens is 1. The average molecular weight is 265 g/mol. The van der Waals surface area contributed by atoms with E-state index in [0.29, 0.717) is 18.2 Å². The van der Waals surface area contributed by atoms with Crippen molar-refractivity contribution in [1.29, 1.82) is 0 Å². The Morgan fingerprint density at radius 1 is 1.42 bits per heavy atom. The molecule has 2 heterocycles. The molecule has 1 fully saturated rings. The minimum absolute atomic E-state index is 0.298. The second-order valence-corrected chi connectivity index (χ2v) is 5.68. The summed E-state index contributed by atoms with van der Waals surface area (Å²) in [6, 6.07) is 5.28. The van der Waals surface area contributed by atoms with Crippen molar-refractivity contribution in [2.24, 2.45) is 0 Å². The topological polar surface area (TPSA) is 29.4 Å². The SMILES string of the molecule is CNC(C)c1cccn1CC1CN(C(C)C)CCO1. The van der Waals surface area contributed by atoms with E-state index in [4.69, 9.17) is 4.74 Å². The zero-order valence-corrected chi connectivity index (χ0v) is 12.6. The third-order valence-electron chi connectivity index (χ3n) is 4.04. The number of hydrogen-bond acceptors (Lipinski definition) is 3. The summed E-state index contributed by atoms with van der Waals surface area (Å²) >= 11 is 0. The van der Waals surface area contributed by atoms with E-state index in [1.807, 2.05) is 7.05 Å². The number of rotatable bonds is 5. The van der Waals surface area contributed by atoms with Crippen LogP contribution in [0.2, 0.25) is 0 Å². The molecule has 2 rings (SSSR count). The predicted octanol–water partition coefficient (Wildman–Crippen LogP) is 1.88. The van der Waals surface area contributed by atoms with Crippen LogP contribution in [0.4, 0.5) is 0 Å². The molecule has 1 N–H and O–H groups in total. The fourth-order valence-electron chi connectivity index (χ4n) is 2.68. The van der Waals surface area contributed by atoms with E-state index < -0.39 is 0 Å². The zero-order chi connectivity index (χ0) is 13.8. The number of hydrogen-bond donors (Lipinski definition) is 1. The second kappa shape index (κ2) is 6.55. The number of morpholine rings is 1. The minimum Gasteiger partial charge on any atom is -0.374 e. The molecule has 0 aliphatic carbocycles. The van der Waals surface area contributed by atoms with Crippen molar-refractivity contribution in [3.63, 3.8) is 0 Å². The maximum Gasteiger partial charge on any atom is 0.0881 e. The Bertz CT molecular complexity index is 388. The Kier molecular flexibility index (Phi) is 5.02. The first-order valence-corrected chi connectivity index (χ1v) is 7.29. The van der Waals surface area contributed by atoms with Gasteiger partial charge in [-0.25, -0.2) is 0 Å². The lowest BCUT2D eigenvalue weighted by atomic mass is 10.2. The van der Waals surface area contributed by atoms with Crippen molar-refractivity contribution >= 4 is 0 Å². The molecule has 1 aliphatic heterocycles. The highest BCUT2D eigenvalue weighted by Gasteiger charge is 2.23. The summed E-state index contributed by atoms with van der Waals surface area (Å²) in [6.07, 6.45) is 2.45. The summed E-state index contributed by atoms with van der Waals surface area (Å²) in [6.45, 7) is 10.6. The second-order valence-electron chi connectivity index (χ2n) is 5.68. The first kappa shape index (κ1) is 14.6. The average Bonchev–Trinajstić information content (AvgIpc) is 2.86. The molecule has 0 bridgehead atoms. The highest BCUT2D eigenvalue weighted by Crippen LogP contribution is 2.16. The molecule has 0 saturated carbocycles. The lowest BCUT2D eigenvalue weighted by Gasteiger charge is -2.36. The van der Waals surface area contributed by atoms with E-state index in [1.165, 1.54) is 5.69 Å². The molecule has 2 atom stereocenters. The van der Waals surface area contributed by atoms with Gasteiger partial charge in [-0.2, -0.15) is 0 Å². The van der Waals surface area contributed by atoms with Gasteiger partial charge in [0.05, 0.1) is 12.7 Å². The fourth-order valence-corrected chi connectivity index (χ4v) is 2.68. The third-order valence-corrected chi connectivity index (χ3v) is 4.04. The summed E-state index contributed by atoms with van der Waals surface area (Å²) in [5, 5.41) is 3.30. The Balaban J connectivity index is 1.99. The normalized spacial score (nSPS) is 22.9. The first-order valence-electron chi connectivity index (χ1n) is 7.29. The van der Waals surface area contributed by atoms with Gasteiger partial charge in [-0.3, -0.25) is 4.90 Å². The first-order chi connectivity index (χ1) is 9.11. The minimum atomic E-state index is 0.298. The summed E-state index contributed by atoms with van der Waals surface area (Å²) in [5.74, 6) is 0. The molecule has 4 heteroatoms. The lowest BCUT2D eigenvalue weighted by Crippen LogP contribution is -2.47. The fraction of sp³-hybridized carbons (Fsp3) is 0.733. The standard InChI is InChI=1S/C15H27N3O/c1-12(2)17-8-9-19-14(10-17)11-18-7-5-6-15(18)13(3)16-4/h5-7,12-14,16H,8-11H2,1-4H3. The molecule has 0 radical (unpaired) electrons. The molecule has 108 valence electrons. The van der Waals surface area contributed by atoms with Crippen molar-refractivity contribution in [3.05, 3.63) is 24.0 Å². The van der Waals surface area contributed by atoms with E-state index in [2.05, 4.69) is 53.9 Å². The predicted molar refractivity (Wildman–Crippen MR) is 78.4 cm³/mol. The number of nitrogens with one attached hydrogen (secondary N) is 1. The zero-order valence-electron chi connectivity index (χ0n) is 12.6. The van der Waals surface area contributed by atoms with E-state index in [9.17, 15) is 0 Å². The van der Waals surface area contributed by atoms with Crippen molar-refractivity contribution in [3.8, 4) is 0 Å². The van der Waals surface area contributed by atoms with Crippen LogP contribution >= 0.6 is 0 Å². The molecular formula is C15H27N3O. The molecule has 1 aromatic heterocycles. The molecule has 1 aromatic rings. The molecule has 2 unspecified atom stereocenters. The van der Waals surface area contributed by atoms with Crippen LogP contribution in [-0.2, 0) is 11.3 Å². The Morgan fingerprint density at radius 3 is 2.89 bits per heavy atom. The molecule has 1 aliphatic rings. The monoisotopic (exact) mass is 265 g/mol. The Hall–Kier alpha value is -0.840. The molecule has 0 aromatic carbocycles. The number of nitrogens with zero attached hydrogens (tertiary/aromatic N) is 2. The van der Waals surface area contributed by atoms with Gasteiger partial charge in [0, 0.05) is 43.6 Å². The van der Waals surface area contributed by atoms with E-state index in [0.717, 1.165) is 26.2 Å². The van der Waals surface area contributed by atoms with Crippen LogP contribution in [-0.4, -0.2) is 48.4 Å². The maximum absolute atomic E-state index is 5.92. The van der Waals surface area contributed by atoms with Crippen molar-refractivity contribution < 1.29 is 4.74 Å². The molecular weight excluding hydrogens is 238 g/mol. The van der Waals surface area contributed by atoms with E-state index in [-0.39, 0.29) is 0 Å². The summed E-state index contributed by atoms with van der Waals surface area (Å²) in [7, 11) is 2.00. The van der Waals surface area contributed by atoms with Crippen LogP contribution < -0.4 is 5.32 Å². The highest BCUT2D eigenvalue weighted by atomic mass is 16.5. The Morgan fingerprint density at radius 2 is 2.21 bits per heavy atom. The quantitative estimate of drug-likeness (QED) is 0.881. The van der Waals surface area contributed by atoms with Crippen LogP contribution in [0, 0.1) is 0 Å².